The van der Waals surface area contributed by atoms with E-state index in [1.54, 1.807) is 4.31 Å². The van der Waals surface area contributed by atoms with Crippen LogP contribution >= 0.6 is 0 Å². The molecule has 144 valence electrons. The van der Waals surface area contributed by atoms with Gasteiger partial charge in [-0.25, -0.2) is 12.7 Å². The van der Waals surface area contributed by atoms with Gasteiger partial charge in [-0.2, -0.15) is 0 Å². The summed E-state index contributed by atoms with van der Waals surface area (Å²) in [5, 5.41) is 2.86. The van der Waals surface area contributed by atoms with E-state index in [1.807, 2.05) is 18.2 Å². The fraction of sp³-hybridized carbons (Fsp3) is 0.611. The third-order valence-electron chi connectivity index (χ3n) is 4.69. The number of unbranched alkanes of at least 4 members (excludes halogenated alkanes) is 1. The lowest BCUT2D eigenvalue weighted by Gasteiger charge is -2.25. The Hall–Kier alpha value is -1.80. The SMILES string of the molecule is O=C(CCCCS(=O)(=O)N1CCCCC1)NCc1ccc2c(c1)OCO2. The first-order valence-electron chi connectivity index (χ1n) is 9.18. The maximum atomic E-state index is 12.2. The van der Waals surface area contributed by atoms with E-state index in [0.29, 0.717) is 44.6 Å². The molecule has 1 aromatic rings. The van der Waals surface area contributed by atoms with Crippen LogP contribution in [0.1, 0.15) is 44.1 Å². The first-order chi connectivity index (χ1) is 12.5. The van der Waals surface area contributed by atoms with Crippen molar-refractivity contribution in [3.05, 3.63) is 23.8 Å². The lowest BCUT2D eigenvalue weighted by molar-refractivity contribution is -0.121. The highest BCUT2D eigenvalue weighted by atomic mass is 32.2. The van der Waals surface area contributed by atoms with E-state index in [9.17, 15) is 13.2 Å². The van der Waals surface area contributed by atoms with Gasteiger partial charge in [-0.15, -0.1) is 0 Å². The Morgan fingerprint density at radius 2 is 1.85 bits per heavy atom. The largest absolute Gasteiger partial charge is 0.454 e. The normalized spacial score (nSPS) is 17.2. The standard InChI is InChI=1S/C18H26N2O5S/c21-18(19-13-15-7-8-16-17(12-15)25-14-24-16)6-2-5-11-26(22,23)20-9-3-1-4-10-20/h7-8,12H,1-6,9-11,13-14H2,(H,19,21). The molecule has 26 heavy (non-hydrogen) atoms. The number of piperidine rings is 1. The van der Waals surface area contributed by atoms with Crippen LogP contribution in [-0.2, 0) is 21.4 Å². The molecule has 2 heterocycles. The van der Waals surface area contributed by atoms with Gasteiger partial charge in [0.2, 0.25) is 22.7 Å². The molecule has 0 atom stereocenters. The van der Waals surface area contributed by atoms with E-state index in [0.717, 1.165) is 30.6 Å². The topological polar surface area (TPSA) is 84.9 Å². The highest BCUT2D eigenvalue weighted by molar-refractivity contribution is 7.89. The van der Waals surface area contributed by atoms with Gasteiger partial charge in [0.25, 0.3) is 0 Å². The first kappa shape index (κ1) is 19.0. The summed E-state index contributed by atoms with van der Waals surface area (Å²) >= 11 is 0. The number of sulfonamides is 1. The van der Waals surface area contributed by atoms with Gasteiger partial charge in [0.15, 0.2) is 11.5 Å². The Morgan fingerprint density at radius 3 is 2.65 bits per heavy atom. The zero-order valence-corrected chi connectivity index (χ0v) is 15.7. The lowest BCUT2D eigenvalue weighted by atomic mass is 10.2. The van der Waals surface area contributed by atoms with Crippen LogP contribution in [-0.4, -0.2) is 44.3 Å². The van der Waals surface area contributed by atoms with E-state index in [2.05, 4.69) is 5.32 Å². The van der Waals surface area contributed by atoms with E-state index < -0.39 is 10.0 Å². The van der Waals surface area contributed by atoms with Crippen molar-refractivity contribution in [2.24, 2.45) is 0 Å². The minimum atomic E-state index is -3.17. The number of nitrogens with zero attached hydrogens (tertiary/aromatic N) is 1. The molecule has 8 heteroatoms. The molecule has 3 rings (SSSR count). The smallest absolute Gasteiger partial charge is 0.231 e. The second-order valence-corrected chi connectivity index (χ2v) is 8.79. The van der Waals surface area contributed by atoms with E-state index in [4.69, 9.17) is 9.47 Å². The fourth-order valence-electron chi connectivity index (χ4n) is 3.18. The Bertz CT molecular complexity index is 729. The minimum absolute atomic E-state index is 0.0713. The summed E-state index contributed by atoms with van der Waals surface area (Å²) in [4.78, 5) is 11.9. The van der Waals surface area contributed by atoms with Crippen LogP contribution in [0, 0.1) is 0 Å². The predicted molar refractivity (Wildman–Crippen MR) is 97.5 cm³/mol. The Balaban J connectivity index is 1.34. The van der Waals surface area contributed by atoms with Crippen LogP contribution in [0.15, 0.2) is 18.2 Å². The van der Waals surface area contributed by atoms with Gasteiger partial charge in [-0.05, 0) is 43.4 Å². The zero-order valence-electron chi connectivity index (χ0n) is 14.9. The Kier molecular flexibility index (Phi) is 6.37. The molecule has 0 radical (unpaired) electrons. The molecule has 1 fully saturated rings. The Morgan fingerprint density at radius 1 is 1.08 bits per heavy atom. The van der Waals surface area contributed by atoms with Crippen LogP contribution in [0.3, 0.4) is 0 Å². The fourth-order valence-corrected chi connectivity index (χ4v) is 4.82. The van der Waals surface area contributed by atoms with Crippen molar-refractivity contribution in [1.29, 1.82) is 0 Å². The van der Waals surface area contributed by atoms with Crippen molar-refractivity contribution in [1.82, 2.24) is 9.62 Å². The summed E-state index contributed by atoms with van der Waals surface area (Å²) in [6.45, 7) is 1.92. The monoisotopic (exact) mass is 382 g/mol. The summed E-state index contributed by atoms with van der Waals surface area (Å²) in [6, 6.07) is 5.57. The molecule has 0 bridgehead atoms. The van der Waals surface area contributed by atoms with E-state index in [1.165, 1.54) is 0 Å². The van der Waals surface area contributed by atoms with E-state index >= 15 is 0 Å². The van der Waals surface area contributed by atoms with Crippen molar-refractivity contribution < 1.29 is 22.7 Å². The number of nitrogens with one attached hydrogen (secondary N) is 1. The van der Waals surface area contributed by atoms with Gasteiger partial charge in [-0.1, -0.05) is 12.5 Å². The minimum Gasteiger partial charge on any atom is -0.454 e. The van der Waals surface area contributed by atoms with Gasteiger partial charge >= 0.3 is 0 Å². The molecule has 1 saturated heterocycles. The van der Waals surface area contributed by atoms with Crippen molar-refractivity contribution in [2.75, 3.05) is 25.6 Å². The van der Waals surface area contributed by atoms with Gasteiger partial charge in [-0.3, -0.25) is 4.79 Å². The molecular formula is C18H26N2O5S. The van der Waals surface area contributed by atoms with Crippen LogP contribution in [0.4, 0.5) is 0 Å². The van der Waals surface area contributed by atoms with Gasteiger partial charge in [0, 0.05) is 26.1 Å². The number of carbonyl (C=O) groups excluding carboxylic acids is 1. The van der Waals surface area contributed by atoms with Gasteiger partial charge < -0.3 is 14.8 Å². The zero-order chi connectivity index (χ0) is 18.4. The predicted octanol–water partition coefficient (Wildman–Crippen LogP) is 2.02. The number of benzene rings is 1. The highest BCUT2D eigenvalue weighted by Gasteiger charge is 2.23. The summed E-state index contributed by atoms with van der Waals surface area (Å²) in [7, 11) is -3.17. The van der Waals surface area contributed by atoms with Gasteiger partial charge in [0.05, 0.1) is 5.75 Å². The molecule has 2 aliphatic rings. The van der Waals surface area contributed by atoms with E-state index in [-0.39, 0.29) is 18.5 Å². The van der Waals surface area contributed by atoms with Crippen molar-refractivity contribution in [3.63, 3.8) is 0 Å². The molecule has 0 aliphatic carbocycles. The molecular weight excluding hydrogens is 356 g/mol. The molecule has 1 aromatic carbocycles. The number of rotatable bonds is 8. The molecule has 1 amide bonds. The summed E-state index contributed by atoms with van der Waals surface area (Å²) < 4.78 is 36.6. The highest BCUT2D eigenvalue weighted by Crippen LogP contribution is 2.32. The summed E-state index contributed by atoms with van der Waals surface area (Å²) in [5.74, 6) is 1.47. The molecule has 7 nitrogen and oxygen atoms in total. The molecule has 0 aromatic heterocycles. The third kappa shape index (κ3) is 5.11. The quantitative estimate of drug-likeness (QED) is 0.695. The first-order valence-corrected chi connectivity index (χ1v) is 10.8. The van der Waals surface area contributed by atoms with Crippen molar-refractivity contribution >= 4 is 15.9 Å². The Labute approximate surface area is 154 Å². The van der Waals surface area contributed by atoms with Crippen LogP contribution in [0.5, 0.6) is 11.5 Å². The molecule has 2 aliphatic heterocycles. The van der Waals surface area contributed by atoms with Crippen molar-refractivity contribution in [2.45, 2.75) is 45.1 Å². The van der Waals surface area contributed by atoms with Crippen LogP contribution in [0.25, 0.3) is 0 Å². The van der Waals surface area contributed by atoms with Crippen LogP contribution in [0.2, 0.25) is 0 Å². The number of amides is 1. The average Bonchev–Trinajstić information content (AvgIpc) is 3.12. The molecule has 0 spiro atoms. The number of carbonyl (C=O) groups is 1. The lowest BCUT2D eigenvalue weighted by Crippen LogP contribution is -2.37. The second kappa shape index (κ2) is 8.73. The number of hydrogen-bond acceptors (Lipinski definition) is 5. The number of hydrogen-bond donors (Lipinski definition) is 1. The maximum absolute atomic E-state index is 12.2. The third-order valence-corrected chi connectivity index (χ3v) is 6.65. The molecule has 1 N–H and O–H groups in total. The van der Waals surface area contributed by atoms with Crippen LogP contribution < -0.4 is 14.8 Å². The molecule has 0 unspecified atom stereocenters. The molecule has 0 saturated carbocycles. The maximum Gasteiger partial charge on any atom is 0.231 e. The van der Waals surface area contributed by atoms with Gasteiger partial charge in [0.1, 0.15) is 0 Å². The average molecular weight is 382 g/mol. The second-order valence-electron chi connectivity index (χ2n) is 6.70. The summed E-state index contributed by atoms with van der Waals surface area (Å²) in [6.07, 6.45) is 4.41. The van der Waals surface area contributed by atoms with Crippen molar-refractivity contribution in [3.8, 4) is 11.5 Å². The number of fused-ring (bicyclic) bond motifs is 1. The summed E-state index contributed by atoms with van der Waals surface area (Å²) in [5.41, 5.74) is 0.940. The number of ether oxygens (including phenoxy) is 2.